The summed E-state index contributed by atoms with van der Waals surface area (Å²) in [5.41, 5.74) is 3.38. The molecule has 0 spiro atoms. The molecule has 2 aromatic rings. The lowest BCUT2D eigenvalue weighted by atomic mass is 9.99. The summed E-state index contributed by atoms with van der Waals surface area (Å²) in [5.74, 6) is 0.00753. The summed E-state index contributed by atoms with van der Waals surface area (Å²) < 4.78 is 0. The Balaban J connectivity index is 2.71. The SMILES string of the molecule is CCc1ccc2c(C)c(CC(C)=O)c(=O)[nH]c2c1. The van der Waals surface area contributed by atoms with Gasteiger partial charge in [-0.05, 0) is 37.5 Å². The third-order valence-corrected chi connectivity index (χ3v) is 3.30. The van der Waals surface area contributed by atoms with E-state index in [1.807, 2.05) is 19.1 Å². The lowest BCUT2D eigenvalue weighted by Crippen LogP contribution is -2.17. The summed E-state index contributed by atoms with van der Waals surface area (Å²) in [5, 5.41) is 1.02. The van der Waals surface area contributed by atoms with Gasteiger partial charge in [0.1, 0.15) is 5.78 Å². The molecule has 0 unspecified atom stereocenters. The Morgan fingerprint density at radius 3 is 2.67 bits per heavy atom. The fraction of sp³-hybridized carbons (Fsp3) is 0.333. The number of fused-ring (bicyclic) bond motifs is 1. The third-order valence-electron chi connectivity index (χ3n) is 3.30. The van der Waals surface area contributed by atoms with Gasteiger partial charge in [-0.15, -0.1) is 0 Å². The normalized spacial score (nSPS) is 10.8. The Morgan fingerprint density at radius 1 is 1.33 bits per heavy atom. The molecule has 0 radical (unpaired) electrons. The number of H-pyrrole nitrogens is 1. The number of pyridine rings is 1. The van der Waals surface area contributed by atoms with Crippen molar-refractivity contribution in [2.75, 3.05) is 0 Å². The van der Waals surface area contributed by atoms with E-state index in [0.29, 0.717) is 5.56 Å². The van der Waals surface area contributed by atoms with Crippen LogP contribution in [0, 0.1) is 6.92 Å². The number of hydrogen-bond donors (Lipinski definition) is 1. The van der Waals surface area contributed by atoms with E-state index < -0.39 is 0 Å². The van der Waals surface area contributed by atoms with Gasteiger partial charge in [0.15, 0.2) is 0 Å². The molecule has 3 heteroatoms. The maximum absolute atomic E-state index is 12.0. The van der Waals surface area contributed by atoms with Crippen LogP contribution in [0.4, 0.5) is 0 Å². The second kappa shape index (κ2) is 4.77. The van der Waals surface area contributed by atoms with Crippen molar-refractivity contribution in [2.45, 2.75) is 33.6 Å². The zero-order chi connectivity index (χ0) is 13.3. The van der Waals surface area contributed by atoms with Gasteiger partial charge in [-0.25, -0.2) is 0 Å². The van der Waals surface area contributed by atoms with E-state index in [1.54, 1.807) is 0 Å². The quantitative estimate of drug-likeness (QED) is 0.900. The summed E-state index contributed by atoms with van der Waals surface area (Å²) in [6.07, 6.45) is 1.14. The molecular formula is C15H17NO2. The highest BCUT2D eigenvalue weighted by atomic mass is 16.1. The summed E-state index contributed by atoms with van der Waals surface area (Å²) in [4.78, 5) is 26.1. The zero-order valence-electron chi connectivity index (χ0n) is 11.0. The van der Waals surface area contributed by atoms with E-state index in [-0.39, 0.29) is 17.8 Å². The first-order valence-electron chi connectivity index (χ1n) is 6.16. The maximum atomic E-state index is 12.0. The molecule has 0 fully saturated rings. The average molecular weight is 243 g/mol. The minimum Gasteiger partial charge on any atom is -0.322 e. The standard InChI is InChI=1S/C15H17NO2/c1-4-11-5-6-12-10(3)13(7-9(2)17)15(18)16-14(12)8-11/h5-6,8H,4,7H2,1-3H3,(H,16,18). The van der Waals surface area contributed by atoms with Gasteiger partial charge in [-0.3, -0.25) is 9.59 Å². The van der Waals surface area contributed by atoms with Gasteiger partial charge in [0.05, 0.1) is 0 Å². The first-order chi connectivity index (χ1) is 8.52. The Labute approximate surface area is 106 Å². The molecule has 0 amide bonds. The molecule has 18 heavy (non-hydrogen) atoms. The molecule has 2 rings (SSSR count). The number of hydrogen-bond acceptors (Lipinski definition) is 2. The van der Waals surface area contributed by atoms with Crippen LogP contribution in [0.5, 0.6) is 0 Å². The molecule has 0 aliphatic carbocycles. The molecule has 0 atom stereocenters. The van der Waals surface area contributed by atoms with Gasteiger partial charge < -0.3 is 4.98 Å². The second-order valence-electron chi connectivity index (χ2n) is 4.67. The monoisotopic (exact) mass is 243 g/mol. The van der Waals surface area contributed by atoms with Crippen molar-refractivity contribution in [3.05, 3.63) is 45.2 Å². The number of nitrogens with one attached hydrogen (secondary N) is 1. The Morgan fingerprint density at radius 2 is 2.06 bits per heavy atom. The van der Waals surface area contributed by atoms with Crippen LogP contribution in [0.15, 0.2) is 23.0 Å². The van der Waals surface area contributed by atoms with E-state index in [9.17, 15) is 9.59 Å². The smallest absolute Gasteiger partial charge is 0.252 e. The predicted molar refractivity (Wildman–Crippen MR) is 73.1 cm³/mol. The zero-order valence-corrected chi connectivity index (χ0v) is 11.0. The molecule has 0 saturated heterocycles. The Kier molecular flexibility index (Phi) is 3.32. The molecule has 1 aromatic heterocycles. The van der Waals surface area contributed by atoms with Gasteiger partial charge in [0.2, 0.25) is 0 Å². The predicted octanol–water partition coefficient (Wildman–Crippen LogP) is 2.53. The molecule has 3 nitrogen and oxygen atoms in total. The van der Waals surface area contributed by atoms with Crippen molar-refractivity contribution in [2.24, 2.45) is 0 Å². The molecule has 0 aliphatic heterocycles. The van der Waals surface area contributed by atoms with Crippen molar-refractivity contribution < 1.29 is 4.79 Å². The first kappa shape index (κ1) is 12.6. The molecule has 0 saturated carbocycles. The average Bonchev–Trinajstić information content (AvgIpc) is 2.33. The minimum atomic E-state index is -0.150. The molecular weight excluding hydrogens is 226 g/mol. The molecule has 94 valence electrons. The van der Waals surface area contributed by atoms with Crippen molar-refractivity contribution in [1.29, 1.82) is 0 Å². The first-order valence-corrected chi connectivity index (χ1v) is 6.16. The van der Waals surface area contributed by atoms with Gasteiger partial charge in [-0.1, -0.05) is 19.1 Å². The lowest BCUT2D eigenvalue weighted by Gasteiger charge is -2.08. The number of aromatic nitrogens is 1. The summed E-state index contributed by atoms with van der Waals surface area (Å²) in [6, 6.07) is 6.08. The highest BCUT2D eigenvalue weighted by Gasteiger charge is 2.11. The fourth-order valence-corrected chi connectivity index (χ4v) is 2.23. The number of carbonyl (C=O) groups is 1. The number of rotatable bonds is 3. The largest absolute Gasteiger partial charge is 0.322 e. The van der Waals surface area contributed by atoms with E-state index >= 15 is 0 Å². The van der Waals surface area contributed by atoms with Gasteiger partial charge in [-0.2, -0.15) is 0 Å². The molecule has 0 bridgehead atoms. The number of aromatic amines is 1. The minimum absolute atomic E-state index is 0.00753. The third kappa shape index (κ3) is 2.21. The van der Waals surface area contributed by atoms with Gasteiger partial charge in [0, 0.05) is 22.9 Å². The maximum Gasteiger partial charge on any atom is 0.252 e. The number of carbonyl (C=O) groups excluding carboxylic acids is 1. The van der Waals surface area contributed by atoms with Crippen LogP contribution < -0.4 is 5.56 Å². The Hall–Kier alpha value is -1.90. The fourth-order valence-electron chi connectivity index (χ4n) is 2.23. The van der Waals surface area contributed by atoms with Crippen molar-refractivity contribution >= 4 is 16.7 Å². The topological polar surface area (TPSA) is 49.9 Å². The van der Waals surface area contributed by atoms with Crippen LogP contribution >= 0.6 is 0 Å². The lowest BCUT2D eigenvalue weighted by molar-refractivity contribution is -0.116. The molecule has 0 aliphatic rings. The van der Waals surface area contributed by atoms with E-state index in [0.717, 1.165) is 22.9 Å². The number of benzene rings is 1. The van der Waals surface area contributed by atoms with Crippen LogP contribution in [-0.4, -0.2) is 10.8 Å². The molecule has 1 aromatic carbocycles. The van der Waals surface area contributed by atoms with Gasteiger partial charge >= 0.3 is 0 Å². The van der Waals surface area contributed by atoms with Crippen LogP contribution in [0.1, 0.15) is 30.5 Å². The van der Waals surface area contributed by atoms with Gasteiger partial charge in [0.25, 0.3) is 5.56 Å². The van der Waals surface area contributed by atoms with E-state index in [2.05, 4.69) is 18.0 Å². The Bertz CT molecular complexity index is 668. The highest BCUT2D eigenvalue weighted by Crippen LogP contribution is 2.19. The summed E-state index contributed by atoms with van der Waals surface area (Å²) in [6.45, 7) is 5.49. The van der Waals surface area contributed by atoms with Crippen LogP contribution in [0.2, 0.25) is 0 Å². The van der Waals surface area contributed by atoms with Crippen molar-refractivity contribution in [3.63, 3.8) is 0 Å². The van der Waals surface area contributed by atoms with Crippen LogP contribution in [0.25, 0.3) is 10.9 Å². The molecule has 1 heterocycles. The number of Topliss-reactive ketones (excluding diaryl/α,β-unsaturated/α-hetero) is 1. The molecule has 1 N–H and O–H groups in total. The van der Waals surface area contributed by atoms with E-state index in [4.69, 9.17) is 0 Å². The van der Waals surface area contributed by atoms with Crippen molar-refractivity contribution in [1.82, 2.24) is 4.98 Å². The van der Waals surface area contributed by atoms with Crippen LogP contribution in [0.3, 0.4) is 0 Å². The van der Waals surface area contributed by atoms with Crippen LogP contribution in [-0.2, 0) is 17.6 Å². The number of aryl methyl sites for hydroxylation is 2. The summed E-state index contributed by atoms with van der Waals surface area (Å²) >= 11 is 0. The van der Waals surface area contributed by atoms with E-state index in [1.165, 1.54) is 12.5 Å². The van der Waals surface area contributed by atoms with Crippen molar-refractivity contribution in [3.8, 4) is 0 Å². The summed E-state index contributed by atoms with van der Waals surface area (Å²) in [7, 11) is 0. The highest BCUT2D eigenvalue weighted by molar-refractivity contribution is 5.86. The second-order valence-corrected chi connectivity index (χ2v) is 4.67. The number of ketones is 1.